The van der Waals surface area contributed by atoms with E-state index in [0.717, 1.165) is 123 Å². The predicted octanol–water partition coefficient (Wildman–Crippen LogP) is 18.6. The summed E-state index contributed by atoms with van der Waals surface area (Å²) < 4.78 is 149. The number of aliphatic hydroxyl groups is 1. The van der Waals surface area contributed by atoms with Crippen molar-refractivity contribution in [1.82, 2.24) is 45.8 Å². The van der Waals surface area contributed by atoms with Gasteiger partial charge in [0.2, 0.25) is 0 Å². The second-order valence-corrected chi connectivity index (χ2v) is 43.6. The molecule has 0 saturated carbocycles. The zero-order chi connectivity index (χ0) is 102. The number of piperidine rings is 5. The molecule has 9 rings (SSSR count). The van der Waals surface area contributed by atoms with E-state index in [2.05, 4.69) is 86.1 Å². The molecule has 32 heteroatoms. The summed E-state index contributed by atoms with van der Waals surface area (Å²) >= 11 is 0. The molecule has 9 saturated heterocycles. The van der Waals surface area contributed by atoms with Gasteiger partial charge >= 0.3 is 18.3 Å². The van der Waals surface area contributed by atoms with E-state index in [9.17, 15) is 40.7 Å². The lowest BCUT2D eigenvalue weighted by atomic mass is 9.81. The van der Waals surface area contributed by atoms with E-state index < -0.39 is 58.4 Å². The van der Waals surface area contributed by atoms with Crippen molar-refractivity contribution < 1.29 is 103 Å². The summed E-state index contributed by atoms with van der Waals surface area (Å²) in [7, 11) is 0. The zero-order valence-corrected chi connectivity index (χ0v) is 89.5. The maximum atomic E-state index is 14.4. The number of amides is 3. The first-order valence-electron chi connectivity index (χ1n) is 51.3. The van der Waals surface area contributed by atoms with Crippen molar-refractivity contribution in [3.8, 4) is 0 Å². The molecule has 26 nitrogen and oxygen atoms in total. The first-order chi connectivity index (χ1) is 62.4. The highest BCUT2D eigenvalue weighted by Crippen LogP contribution is 2.35. The third kappa shape index (κ3) is 65.4. The van der Waals surface area contributed by atoms with E-state index in [0.29, 0.717) is 128 Å². The lowest BCUT2D eigenvalue weighted by Crippen LogP contribution is -2.48. The molecule has 9 aliphatic rings. The number of aliphatic hydroxyl groups excluding tert-OH is 1. The summed E-state index contributed by atoms with van der Waals surface area (Å²) in [6.07, 6.45) is 12.5. The van der Waals surface area contributed by atoms with Crippen LogP contribution in [-0.2, 0) is 56.8 Å². The molecule has 0 aliphatic carbocycles. The van der Waals surface area contributed by atoms with Crippen molar-refractivity contribution in [1.29, 1.82) is 0 Å². The number of nitrogens with zero attached hydrogens (tertiary/aromatic N) is 5. The fourth-order valence-corrected chi connectivity index (χ4v) is 15.5. The summed E-state index contributed by atoms with van der Waals surface area (Å²) in [4.78, 5) is 44.9. The Hall–Kier alpha value is -3.71. The van der Waals surface area contributed by atoms with Crippen LogP contribution in [0.4, 0.5) is 40.7 Å². The van der Waals surface area contributed by atoms with Crippen molar-refractivity contribution in [3.63, 3.8) is 0 Å². The Kier molecular flexibility index (Phi) is 64.8. The predicted molar refractivity (Wildman–Crippen MR) is 529 cm³/mol. The standard InChI is InChI=1S/C15H29NO3.2C14H26FNO3.C12H23FN2O.C11H22FNO2.2C9H18FNO.2C9H19NO/c1-12(2)18-11-15(6)7-9-16(10-8-15)13(17)19-14(3,4)5;1-11(2)18-10-14(15)6-8-16(9-7-14)12(17)19-13(3,4)5;1-10(2)18-12-7-9-16(8-6-11(12)15)13(17)19-14(3,4)5;1-10(2)16-9-12(13)4-6-15(7-5-12)8-11(3)14;1-10(2)15-9-11(12)3-5-13(6-4-11)7-8-14;1-7(2)12-9-4-6-11-5-3-8(9)10;1-7(2)12-9-4-3-5-11-6-8(9)10;1-8(2)11-7-9-3-5-10-6-4-9;1-8(2)11-9-4-3-6-10-7-5-9/h12H,7-11H2,1-6H3;11H,6-10H2,1-5H3;10-12H,6-9H2,1-5H3;10H,3-9,14H2,1-2H3;10,14H,3-9H2,1-2H3;2*7-9,11H,3-6H2,1-2H3;2*8-10H,3-7H2,1-2H3. The van der Waals surface area contributed by atoms with Crippen LogP contribution in [0.2, 0.25) is 0 Å². The van der Waals surface area contributed by atoms with E-state index in [1.54, 1.807) is 9.80 Å². The van der Waals surface area contributed by atoms with Crippen LogP contribution in [-0.4, -0.2) is 350 Å². The SMILES string of the molecule is C=C(N)CN1CCC(F)(COC(C)C)CC1.CC(C)OC1CCCNCC1.CC(C)OC1CCCNCC1F.CC(C)OC1CCN(C(=O)OC(C)(C)C)CCC1F.CC(C)OC1CCNCCC1F.CC(C)OCC1(C)CCN(C(=O)OC(C)(C)C)CC1.CC(C)OCC1(F)CCN(C(=O)OC(C)(C)C)CC1.CC(C)OCC1(F)CCN(CCO)CC1.CC(C)OCC1CCNCC1. The van der Waals surface area contributed by atoms with Crippen molar-refractivity contribution >= 4 is 18.3 Å². The van der Waals surface area contributed by atoms with Crippen LogP contribution in [0, 0.1) is 11.3 Å². The second-order valence-electron chi connectivity index (χ2n) is 43.6. The number of carbonyl (C=O) groups excluding carboxylic acids is 3. The average Bonchev–Trinajstić information content (AvgIpc) is 0.966. The molecule has 3 amide bonds. The summed E-state index contributed by atoms with van der Waals surface area (Å²) in [5.41, 5.74) is 1.28. The van der Waals surface area contributed by atoms with Crippen LogP contribution in [0.15, 0.2) is 12.3 Å². The molecular weight excluding hydrogens is 1740 g/mol. The Morgan fingerprint density at radius 3 is 1.13 bits per heavy atom. The van der Waals surface area contributed by atoms with E-state index >= 15 is 0 Å². The summed E-state index contributed by atoms with van der Waals surface area (Å²) in [5.74, 6) is 0.804. The van der Waals surface area contributed by atoms with E-state index in [1.165, 1.54) is 45.2 Å². The Labute approximate surface area is 810 Å². The van der Waals surface area contributed by atoms with Crippen molar-refractivity contribution in [2.45, 2.75) is 448 Å². The molecule has 0 aromatic rings. The number of nitrogens with two attached hydrogens (primary N) is 1. The number of nitrogens with one attached hydrogen (secondary N) is 4. The van der Waals surface area contributed by atoms with Gasteiger partial charge in [-0.15, -0.1) is 0 Å². The molecule has 796 valence electrons. The molecular formula is C102H200F6N10O16. The molecule has 0 aromatic heterocycles. The molecule has 9 aliphatic heterocycles. The fourth-order valence-electron chi connectivity index (χ4n) is 15.5. The van der Waals surface area contributed by atoms with Crippen molar-refractivity contribution in [2.24, 2.45) is 17.1 Å². The van der Waals surface area contributed by atoms with Crippen LogP contribution in [0.3, 0.4) is 0 Å². The smallest absolute Gasteiger partial charge is 0.410 e. The van der Waals surface area contributed by atoms with Crippen LogP contribution >= 0.6 is 0 Å². The van der Waals surface area contributed by atoms with Crippen LogP contribution in [0.1, 0.15) is 316 Å². The van der Waals surface area contributed by atoms with Gasteiger partial charge in [-0.05, 0) is 353 Å². The van der Waals surface area contributed by atoms with Crippen LogP contribution in [0.5, 0.6) is 0 Å². The number of likely N-dealkylation sites (tertiary alicyclic amines) is 5. The van der Waals surface area contributed by atoms with Gasteiger partial charge in [-0.1, -0.05) is 13.5 Å². The number of hydrogen-bond donors (Lipinski definition) is 6. The second kappa shape index (κ2) is 67.7. The Morgan fingerprint density at radius 2 is 0.724 bits per heavy atom. The molecule has 0 radical (unpaired) electrons. The van der Waals surface area contributed by atoms with Crippen LogP contribution in [0.25, 0.3) is 0 Å². The van der Waals surface area contributed by atoms with Gasteiger partial charge in [0.05, 0.1) is 112 Å². The van der Waals surface area contributed by atoms with Gasteiger partial charge in [0.1, 0.15) is 52.3 Å². The zero-order valence-electron chi connectivity index (χ0n) is 89.5. The minimum atomic E-state index is -1.32. The number of halogens is 6. The number of β-amino-alcohol motifs (C(OH)–C–C–N with tert-alkyl or cyclic N) is 1. The minimum Gasteiger partial charge on any atom is -0.444 e. The number of alkyl halides is 6. The molecule has 7 N–H and O–H groups in total. The summed E-state index contributed by atoms with van der Waals surface area (Å²) in [6, 6.07) is 0. The van der Waals surface area contributed by atoms with Gasteiger partial charge in [-0.25, -0.2) is 40.7 Å². The molecule has 134 heavy (non-hydrogen) atoms. The maximum Gasteiger partial charge on any atom is 0.410 e. The first-order valence-corrected chi connectivity index (χ1v) is 51.3. The topological polar surface area (TPSA) is 273 Å². The highest BCUT2D eigenvalue weighted by molar-refractivity contribution is 5.69. The number of carbonyl (C=O) groups is 3. The van der Waals surface area contributed by atoms with Gasteiger partial charge in [0.25, 0.3) is 0 Å². The largest absolute Gasteiger partial charge is 0.444 e. The summed E-state index contributed by atoms with van der Waals surface area (Å²) in [6.45, 7) is 75.5. The van der Waals surface area contributed by atoms with E-state index in [1.807, 2.05) is 150 Å². The van der Waals surface area contributed by atoms with Gasteiger partial charge < -0.3 is 109 Å². The van der Waals surface area contributed by atoms with E-state index in [4.69, 9.17) is 67.7 Å². The van der Waals surface area contributed by atoms with Gasteiger partial charge in [0, 0.05) is 110 Å². The Bertz CT molecular complexity index is 2880. The monoisotopic (exact) mass is 1940 g/mol. The van der Waals surface area contributed by atoms with E-state index in [-0.39, 0.29) is 105 Å². The molecule has 7 unspecified atom stereocenters. The molecule has 9 heterocycles. The van der Waals surface area contributed by atoms with Gasteiger partial charge in [-0.2, -0.15) is 0 Å². The first kappa shape index (κ1) is 128. The molecule has 7 atom stereocenters. The van der Waals surface area contributed by atoms with Crippen molar-refractivity contribution in [3.05, 3.63) is 12.3 Å². The molecule has 0 spiro atoms. The highest BCUT2D eigenvalue weighted by Gasteiger charge is 2.41. The highest BCUT2D eigenvalue weighted by atomic mass is 19.2. The molecule has 9 fully saturated rings. The van der Waals surface area contributed by atoms with Crippen molar-refractivity contribution in [2.75, 3.05) is 171 Å². The van der Waals surface area contributed by atoms with Crippen LogP contribution < -0.4 is 27.0 Å². The third-order valence-corrected chi connectivity index (χ3v) is 23.1. The number of rotatable bonds is 27. The molecule has 0 bridgehead atoms. The quantitative estimate of drug-likeness (QED) is 0.0329. The fraction of sp³-hybridized carbons (Fsp3) is 0.951. The molecule has 0 aromatic carbocycles. The van der Waals surface area contributed by atoms with Gasteiger partial charge in [-0.3, -0.25) is 4.90 Å². The lowest BCUT2D eigenvalue weighted by Gasteiger charge is -2.39. The third-order valence-electron chi connectivity index (χ3n) is 23.1. The normalized spacial score (nSPS) is 23.9. The average molecular weight is 1940 g/mol. The maximum absolute atomic E-state index is 14.4. The lowest BCUT2D eigenvalue weighted by molar-refractivity contribution is -0.0488. The van der Waals surface area contributed by atoms with Gasteiger partial charge in [0.15, 0.2) is 0 Å². The minimum absolute atomic E-state index is 0.00340. The Balaban J connectivity index is 0.000000759. The Morgan fingerprint density at radius 1 is 0.388 bits per heavy atom. The number of ether oxygens (including phenoxy) is 12. The number of hydrogen-bond acceptors (Lipinski definition) is 23. The summed E-state index contributed by atoms with van der Waals surface area (Å²) in [5, 5.41) is 21.7.